The normalized spacial score (nSPS) is 13.5. The lowest BCUT2D eigenvalue weighted by atomic mass is 10.1. The van der Waals surface area contributed by atoms with Crippen LogP contribution in [0.4, 0.5) is 10.1 Å². The van der Waals surface area contributed by atoms with E-state index in [0.29, 0.717) is 5.56 Å². The van der Waals surface area contributed by atoms with Crippen molar-refractivity contribution in [3.05, 3.63) is 53.7 Å². The number of anilines is 1. The monoisotopic (exact) mass is 368 g/mol. The Kier molecular flexibility index (Phi) is 4.42. The van der Waals surface area contributed by atoms with Gasteiger partial charge in [0.1, 0.15) is 5.01 Å². The van der Waals surface area contributed by atoms with E-state index in [2.05, 4.69) is 10.3 Å². The smallest absolute Gasteiger partial charge is 0.227 e. The Hall–Kier alpha value is -2.73. The topological polar surface area (TPSA) is 51.2 Å². The van der Waals surface area contributed by atoms with Crippen LogP contribution in [0.1, 0.15) is 12.8 Å². The summed E-state index contributed by atoms with van der Waals surface area (Å²) in [7, 11) is 1.44. The highest BCUT2D eigenvalue weighted by molar-refractivity contribution is 7.13. The van der Waals surface area contributed by atoms with Crippen LogP contribution in [-0.2, 0) is 4.79 Å². The summed E-state index contributed by atoms with van der Waals surface area (Å²) in [6, 6.07) is 12.4. The Bertz CT molecular complexity index is 949. The van der Waals surface area contributed by atoms with Crippen LogP contribution in [0.2, 0.25) is 0 Å². The Morgan fingerprint density at radius 1 is 1.19 bits per heavy atom. The van der Waals surface area contributed by atoms with E-state index in [0.717, 1.165) is 34.8 Å². The molecular formula is C20H17FN2O2S. The number of thiazole rings is 1. The van der Waals surface area contributed by atoms with E-state index in [1.54, 1.807) is 12.1 Å². The number of nitrogens with one attached hydrogen (secondary N) is 1. The van der Waals surface area contributed by atoms with Crippen LogP contribution in [0.3, 0.4) is 0 Å². The molecule has 1 aliphatic carbocycles. The van der Waals surface area contributed by atoms with Crippen LogP contribution in [0.5, 0.6) is 5.75 Å². The van der Waals surface area contributed by atoms with Gasteiger partial charge in [0.2, 0.25) is 5.91 Å². The number of rotatable bonds is 5. The molecule has 26 heavy (non-hydrogen) atoms. The van der Waals surface area contributed by atoms with Gasteiger partial charge in [-0.05, 0) is 55.3 Å². The Morgan fingerprint density at radius 3 is 2.58 bits per heavy atom. The molecule has 1 aromatic heterocycles. The lowest BCUT2D eigenvalue weighted by Crippen LogP contribution is -2.12. The van der Waals surface area contributed by atoms with Crippen molar-refractivity contribution < 1.29 is 13.9 Å². The van der Waals surface area contributed by atoms with Gasteiger partial charge in [0.05, 0.1) is 12.8 Å². The molecule has 1 N–H and O–H groups in total. The summed E-state index contributed by atoms with van der Waals surface area (Å²) in [4.78, 5) is 16.4. The van der Waals surface area contributed by atoms with Gasteiger partial charge in [0.15, 0.2) is 11.6 Å². The number of methoxy groups -OCH3 is 1. The molecule has 1 saturated carbocycles. The molecular weight excluding hydrogens is 351 g/mol. The minimum absolute atomic E-state index is 0.0933. The summed E-state index contributed by atoms with van der Waals surface area (Å²) in [5.41, 5.74) is 3.18. The molecule has 1 heterocycles. The molecule has 0 unspecified atom stereocenters. The van der Waals surface area contributed by atoms with Crippen molar-refractivity contribution >= 4 is 22.9 Å². The number of carbonyl (C=O) groups excluding carboxylic acids is 1. The standard InChI is InChI=1S/C20H17FN2O2S/c1-25-18-9-6-14(10-16(18)21)17-11-26-20(23-17)13-4-7-15(8-5-13)22-19(24)12-2-3-12/h4-12H,2-3H2,1H3,(H,22,24). The summed E-state index contributed by atoms with van der Waals surface area (Å²) < 4.78 is 18.8. The van der Waals surface area contributed by atoms with E-state index in [4.69, 9.17) is 4.74 Å². The number of halogens is 1. The van der Waals surface area contributed by atoms with Crippen molar-refractivity contribution in [1.82, 2.24) is 4.98 Å². The van der Waals surface area contributed by atoms with Gasteiger partial charge in [-0.2, -0.15) is 0 Å². The first-order valence-corrected chi connectivity index (χ1v) is 9.23. The van der Waals surface area contributed by atoms with E-state index >= 15 is 0 Å². The predicted molar refractivity (Wildman–Crippen MR) is 101 cm³/mol. The van der Waals surface area contributed by atoms with E-state index in [1.165, 1.54) is 24.5 Å². The molecule has 0 bridgehead atoms. The number of amides is 1. The third-order valence-corrected chi connectivity index (χ3v) is 5.19. The summed E-state index contributed by atoms with van der Waals surface area (Å²) in [5, 5.41) is 5.67. The third kappa shape index (κ3) is 3.46. The van der Waals surface area contributed by atoms with Crippen molar-refractivity contribution in [2.75, 3.05) is 12.4 Å². The van der Waals surface area contributed by atoms with E-state index < -0.39 is 5.82 Å². The number of aromatic nitrogens is 1. The zero-order valence-electron chi connectivity index (χ0n) is 14.2. The minimum Gasteiger partial charge on any atom is -0.494 e. The Balaban J connectivity index is 1.52. The number of ether oxygens (including phenoxy) is 1. The molecule has 132 valence electrons. The number of hydrogen-bond donors (Lipinski definition) is 1. The Morgan fingerprint density at radius 2 is 1.92 bits per heavy atom. The second kappa shape index (κ2) is 6.88. The van der Waals surface area contributed by atoms with Crippen LogP contribution in [0, 0.1) is 11.7 Å². The summed E-state index contributed by atoms with van der Waals surface area (Å²) in [6.07, 6.45) is 1.97. The zero-order chi connectivity index (χ0) is 18.1. The summed E-state index contributed by atoms with van der Waals surface area (Å²) in [6.45, 7) is 0. The Labute approximate surface area is 154 Å². The molecule has 6 heteroatoms. The predicted octanol–water partition coefficient (Wildman–Crippen LogP) is 4.97. The fourth-order valence-corrected chi connectivity index (χ4v) is 3.49. The fourth-order valence-electron chi connectivity index (χ4n) is 2.65. The first-order valence-electron chi connectivity index (χ1n) is 8.35. The molecule has 2 aromatic carbocycles. The molecule has 3 aromatic rings. The average Bonchev–Trinajstić information content (AvgIpc) is 3.39. The molecule has 4 rings (SSSR count). The third-order valence-electron chi connectivity index (χ3n) is 4.30. The van der Waals surface area contributed by atoms with Gasteiger partial charge in [-0.1, -0.05) is 0 Å². The molecule has 0 spiro atoms. The van der Waals surface area contributed by atoms with Crippen molar-refractivity contribution in [2.24, 2.45) is 5.92 Å². The molecule has 0 radical (unpaired) electrons. The van der Waals surface area contributed by atoms with Gasteiger partial charge in [-0.25, -0.2) is 9.37 Å². The fraction of sp³-hybridized carbons (Fsp3) is 0.200. The molecule has 0 aliphatic heterocycles. The van der Waals surface area contributed by atoms with Crippen molar-refractivity contribution in [1.29, 1.82) is 0 Å². The van der Waals surface area contributed by atoms with Crippen LogP contribution in [-0.4, -0.2) is 18.0 Å². The van der Waals surface area contributed by atoms with Crippen molar-refractivity contribution in [2.45, 2.75) is 12.8 Å². The lowest BCUT2D eigenvalue weighted by molar-refractivity contribution is -0.117. The van der Waals surface area contributed by atoms with Crippen LogP contribution in [0.25, 0.3) is 21.8 Å². The van der Waals surface area contributed by atoms with Gasteiger partial charge >= 0.3 is 0 Å². The largest absolute Gasteiger partial charge is 0.494 e. The molecule has 4 nitrogen and oxygen atoms in total. The van der Waals surface area contributed by atoms with Crippen LogP contribution >= 0.6 is 11.3 Å². The number of benzene rings is 2. The van der Waals surface area contributed by atoms with E-state index in [1.807, 2.05) is 29.6 Å². The minimum atomic E-state index is -0.407. The molecule has 1 amide bonds. The van der Waals surface area contributed by atoms with Gasteiger partial charge in [-0.3, -0.25) is 4.79 Å². The number of hydrogen-bond acceptors (Lipinski definition) is 4. The molecule has 0 saturated heterocycles. The van der Waals surface area contributed by atoms with E-state index in [-0.39, 0.29) is 17.6 Å². The highest BCUT2D eigenvalue weighted by atomic mass is 32.1. The van der Waals surface area contributed by atoms with Gasteiger partial charge in [0.25, 0.3) is 0 Å². The van der Waals surface area contributed by atoms with Gasteiger partial charge < -0.3 is 10.1 Å². The van der Waals surface area contributed by atoms with Gasteiger partial charge in [-0.15, -0.1) is 11.3 Å². The quantitative estimate of drug-likeness (QED) is 0.691. The second-order valence-corrected chi connectivity index (χ2v) is 7.09. The van der Waals surface area contributed by atoms with Crippen LogP contribution < -0.4 is 10.1 Å². The lowest BCUT2D eigenvalue weighted by Gasteiger charge is -2.05. The van der Waals surface area contributed by atoms with Crippen LogP contribution in [0.15, 0.2) is 47.8 Å². The van der Waals surface area contributed by atoms with Gasteiger partial charge in [0, 0.05) is 28.1 Å². The number of nitrogens with zero attached hydrogens (tertiary/aromatic N) is 1. The van der Waals surface area contributed by atoms with Crippen molar-refractivity contribution in [3.63, 3.8) is 0 Å². The van der Waals surface area contributed by atoms with E-state index in [9.17, 15) is 9.18 Å². The number of carbonyl (C=O) groups is 1. The highest BCUT2D eigenvalue weighted by Crippen LogP contribution is 2.32. The highest BCUT2D eigenvalue weighted by Gasteiger charge is 2.29. The molecule has 1 aliphatic rings. The SMILES string of the molecule is COc1ccc(-c2csc(-c3ccc(NC(=O)C4CC4)cc3)n2)cc1F. The van der Waals surface area contributed by atoms with Crippen molar-refractivity contribution in [3.8, 4) is 27.6 Å². The average molecular weight is 368 g/mol. The summed E-state index contributed by atoms with van der Waals surface area (Å²) >= 11 is 1.50. The summed E-state index contributed by atoms with van der Waals surface area (Å²) in [5.74, 6) is 0.0836. The maximum absolute atomic E-state index is 13.9. The first-order chi connectivity index (χ1) is 12.6. The second-order valence-electron chi connectivity index (χ2n) is 6.23. The zero-order valence-corrected chi connectivity index (χ0v) is 15.0. The maximum atomic E-state index is 13.9. The molecule has 1 fully saturated rings. The molecule has 0 atom stereocenters. The first kappa shape index (κ1) is 16.7. The maximum Gasteiger partial charge on any atom is 0.227 e.